The average molecular weight is 400 g/mol. The van der Waals surface area contributed by atoms with E-state index in [0.29, 0.717) is 16.8 Å². The van der Waals surface area contributed by atoms with Gasteiger partial charge in [-0.1, -0.05) is 43.6 Å². The van der Waals surface area contributed by atoms with E-state index in [4.69, 9.17) is 16.9 Å². The molecule has 1 aliphatic heterocycles. The Labute approximate surface area is 167 Å². The lowest BCUT2D eigenvalue weighted by Crippen LogP contribution is -2.50. The molecule has 28 heavy (non-hydrogen) atoms. The Morgan fingerprint density at radius 2 is 2.04 bits per heavy atom. The van der Waals surface area contributed by atoms with Crippen LogP contribution >= 0.6 is 11.6 Å². The Hall–Kier alpha value is -2.91. The lowest BCUT2D eigenvalue weighted by Gasteiger charge is -2.37. The van der Waals surface area contributed by atoms with Crippen molar-refractivity contribution >= 4 is 29.1 Å². The van der Waals surface area contributed by atoms with Crippen LogP contribution in [0.1, 0.15) is 41.3 Å². The monoisotopic (exact) mass is 399 g/mol. The third-order valence-corrected chi connectivity index (χ3v) is 4.72. The van der Waals surface area contributed by atoms with E-state index in [1.165, 1.54) is 18.2 Å². The number of nitrogens with one attached hydrogen (secondary N) is 1. The smallest absolute Gasteiger partial charge is 0.256 e. The highest BCUT2D eigenvalue weighted by Crippen LogP contribution is 2.35. The van der Waals surface area contributed by atoms with E-state index in [0.717, 1.165) is 4.90 Å². The second kappa shape index (κ2) is 7.99. The summed E-state index contributed by atoms with van der Waals surface area (Å²) in [5.41, 5.74) is 1.24. The van der Waals surface area contributed by atoms with E-state index >= 15 is 4.39 Å². The van der Waals surface area contributed by atoms with Crippen molar-refractivity contribution in [3.8, 4) is 6.07 Å². The van der Waals surface area contributed by atoms with Gasteiger partial charge in [-0.15, -0.1) is 0 Å². The quantitative estimate of drug-likeness (QED) is 0.777. The molecule has 1 aliphatic rings. The molecule has 7 heteroatoms. The van der Waals surface area contributed by atoms with Gasteiger partial charge in [0.15, 0.2) is 6.30 Å². The predicted octanol–water partition coefficient (Wildman–Crippen LogP) is 4.34. The second-order valence-corrected chi connectivity index (χ2v) is 7.56. The van der Waals surface area contributed by atoms with E-state index in [1.54, 1.807) is 24.3 Å². The third-order valence-electron chi connectivity index (χ3n) is 4.50. The topological polar surface area (TPSA) is 73.2 Å². The number of rotatable bonds is 4. The fourth-order valence-electron chi connectivity index (χ4n) is 3.35. The first kappa shape index (κ1) is 19.8. The molecule has 2 aromatic rings. The van der Waals surface area contributed by atoms with Crippen LogP contribution in [0.25, 0.3) is 0 Å². The maximum atomic E-state index is 15.3. The van der Waals surface area contributed by atoms with E-state index in [1.807, 2.05) is 19.9 Å². The van der Waals surface area contributed by atoms with Crippen molar-refractivity contribution in [1.82, 2.24) is 4.90 Å². The molecule has 0 aliphatic carbocycles. The van der Waals surface area contributed by atoms with Gasteiger partial charge < -0.3 is 10.2 Å². The van der Waals surface area contributed by atoms with Gasteiger partial charge in [-0.3, -0.25) is 9.59 Å². The van der Waals surface area contributed by atoms with E-state index in [9.17, 15) is 9.59 Å². The number of anilines is 1. The van der Waals surface area contributed by atoms with Gasteiger partial charge in [-0.05, 0) is 35.7 Å². The number of fused-ring (bicyclic) bond motifs is 1. The third kappa shape index (κ3) is 3.85. The fourth-order valence-corrected chi connectivity index (χ4v) is 3.58. The zero-order valence-corrected chi connectivity index (χ0v) is 16.2. The largest absolute Gasteiger partial charge is 0.325 e. The number of benzene rings is 2. The minimum Gasteiger partial charge on any atom is -0.325 e. The number of amides is 2. The minimum atomic E-state index is -1.79. The van der Waals surface area contributed by atoms with Crippen LogP contribution < -0.4 is 5.32 Å². The summed E-state index contributed by atoms with van der Waals surface area (Å²) >= 11 is 5.98. The van der Waals surface area contributed by atoms with E-state index in [-0.39, 0.29) is 23.0 Å². The van der Waals surface area contributed by atoms with Gasteiger partial charge in [0, 0.05) is 22.8 Å². The van der Waals surface area contributed by atoms with Gasteiger partial charge in [0.1, 0.15) is 5.92 Å². The normalized spacial score (nSPS) is 18.6. The van der Waals surface area contributed by atoms with Crippen LogP contribution in [0, 0.1) is 17.2 Å². The highest BCUT2D eigenvalue weighted by Gasteiger charge is 2.43. The molecular formula is C21H19ClFN3O2. The molecule has 1 heterocycles. The number of hydrogen-bond acceptors (Lipinski definition) is 3. The van der Waals surface area contributed by atoms with Gasteiger partial charge in [0.05, 0.1) is 11.6 Å². The zero-order valence-electron chi connectivity index (χ0n) is 15.4. The van der Waals surface area contributed by atoms with E-state index < -0.39 is 24.0 Å². The molecule has 0 radical (unpaired) electrons. The first-order chi connectivity index (χ1) is 13.3. The zero-order chi connectivity index (χ0) is 20.4. The molecule has 2 atom stereocenters. The standard InChI is InChI=1S/C21H19ClFN3O2/c1-12(2)11-26-19(23)18(16-5-3-4-6-17(16)21(26)28)20(27)25-15-8-13(10-24)7-14(22)9-15/h3-9,12,18-19H,11H2,1-2H3,(H,25,27)/t18-,19-/m1/s1. The van der Waals surface area contributed by atoms with Crippen LogP contribution in [0.3, 0.4) is 0 Å². The number of nitriles is 1. The molecule has 2 amide bonds. The Morgan fingerprint density at radius 1 is 1.32 bits per heavy atom. The van der Waals surface area contributed by atoms with Gasteiger partial charge >= 0.3 is 0 Å². The average Bonchev–Trinajstić information content (AvgIpc) is 2.64. The summed E-state index contributed by atoms with van der Waals surface area (Å²) in [4.78, 5) is 26.8. The molecule has 0 aromatic heterocycles. The molecule has 2 aromatic carbocycles. The lowest BCUT2D eigenvalue weighted by atomic mass is 9.87. The van der Waals surface area contributed by atoms with Gasteiger partial charge in [0.25, 0.3) is 5.91 Å². The number of nitrogens with zero attached hydrogens (tertiary/aromatic N) is 2. The second-order valence-electron chi connectivity index (χ2n) is 7.12. The number of carbonyl (C=O) groups excluding carboxylic acids is 2. The van der Waals surface area contributed by atoms with Gasteiger partial charge in [-0.2, -0.15) is 5.26 Å². The van der Waals surface area contributed by atoms with Crippen LogP contribution in [-0.2, 0) is 4.79 Å². The summed E-state index contributed by atoms with van der Waals surface area (Å²) in [6, 6.07) is 12.9. The molecule has 0 saturated heterocycles. The van der Waals surface area contributed by atoms with Crippen LogP contribution in [0.4, 0.5) is 10.1 Å². The molecule has 3 rings (SSSR count). The molecule has 0 bridgehead atoms. The Balaban J connectivity index is 1.98. The number of hydrogen-bond donors (Lipinski definition) is 1. The van der Waals surface area contributed by atoms with Crippen LogP contribution in [0.15, 0.2) is 42.5 Å². The summed E-state index contributed by atoms with van der Waals surface area (Å²) in [6.07, 6.45) is -1.79. The highest BCUT2D eigenvalue weighted by atomic mass is 35.5. The Bertz CT molecular complexity index is 970. The number of halogens is 2. The SMILES string of the molecule is CC(C)CN1C(=O)c2ccccc2[C@@H](C(=O)Nc2cc(Cl)cc(C#N)c2)[C@@H]1F. The van der Waals surface area contributed by atoms with Crippen molar-refractivity contribution < 1.29 is 14.0 Å². The maximum absolute atomic E-state index is 15.3. The van der Waals surface area contributed by atoms with Crippen molar-refractivity contribution in [3.05, 3.63) is 64.2 Å². The van der Waals surface area contributed by atoms with Crippen molar-refractivity contribution in [2.24, 2.45) is 5.92 Å². The van der Waals surface area contributed by atoms with E-state index in [2.05, 4.69) is 5.32 Å². The molecule has 144 valence electrons. The summed E-state index contributed by atoms with van der Waals surface area (Å²) in [6.45, 7) is 3.96. The van der Waals surface area contributed by atoms with Crippen molar-refractivity contribution in [3.63, 3.8) is 0 Å². The van der Waals surface area contributed by atoms with Crippen molar-refractivity contribution in [2.45, 2.75) is 26.1 Å². The summed E-state index contributed by atoms with van der Waals surface area (Å²) in [7, 11) is 0. The number of alkyl halides is 1. The Morgan fingerprint density at radius 3 is 2.71 bits per heavy atom. The fraction of sp³-hybridized carbons (Fsp3) is 0.286. The van der Waals surface area contributed by atoms with Crippen LogP contribution in [0.2, 0.25) is 5.02 Å². The Kier molecular flexibility index (Phi) is 5.66. The molecule has 0 unspecified atom stereocenters. The summed E-state index contributed by atoms with van der Waals surface area (Å²) in [5, 5.41) is 12.0. The van der Waals surface area contributed by atoms with Crippen LogP contribution in [0.5, 0.6) is 0 Å². The molecule has 5 nitrogen and oxygen atoms in total. The summed E-state index contributed by atoms with van der Waals surface area (Å²) < 4.78 is 15.3. The van der Waals surface area contributed by atoms with Crippen molar-refractivity contribution in [1.29, 1.82) is 5.26 Å². The summed E-state index contributed by atoms with van der Waals surface area (Å²) in [5.74, 6) is -2.16. The lowest BCUT2D eigenvalue weighted by molar-refractivity contribution is -0.121. The molecular weight excluding hydrogens is 381 g/mol. The van der Waals surface area contributed by atoms with Crippen LogP contribution in [-0.4, -0.2) is 29.6 Å². The molecule has 0 spiro atoms. The predicted molar refractivity (Wildman–Crippen MR) is 105 cm³/mol. The number of carbonyl (C=O) groups is 2. The molecule has 1 N–H and O–H groups in total. The molecule has 0 fully saturated rings. The minimum absolute atomic E-state index is 0.0438. The van der Waals surface area contributed by atoms with Gasteiger partial charge in [-0.25, -0.2) is 4.39 Å². The van der Waals surface area contributed by atoms with Gasteiger partial charge in [0.2, 0.25) is 5.91 Å². The first-order valence-electron chi connectivity index (χ1n) is 8.87. The maximum Gasteiger partial charge on any atom is 0.256 e. The first-order valence-corrected chi connectivity index (χ1v) is 9.25. The highest BCUT2D eigenvalue weighted by molar-refractivity contribution is 6.31. The van der Waals surface area contributed by atoms with Crippen molar-refractivity contribution in [2.75, 3.05) is 11.9 Å². The molecule has 0 saturated carbocycles.